The standard InChI is InChI=1S/C22H21Cl2N7/c1-22(2,26)11-13-5-3-6-14(9-13)15-10-16(20(25)27-12-15)21-28-29-30-31(21)18-8-4-7-17(23)19(18)24/h3-10,12H,11,26H2,1-2H3,(H2,25,27). The van der Waals surface area contributed by atoms with Gasteiger partial charge in [0.15, 0.2) is 5.82 Å². The van der Waals surface area contributed by atoms with E-state index in [2.05, 4.69) is 32.6 Å². The van der Waals surface area contributed by atoms with Crippen LogP contribution < -0.4 is 11.5 Å². The highest BCUT2D eigenvalue weighted by Crippen LogP contribution is 2.33. The zero-order chi connectivity index (χ0) is 22.2. The Morgan fingerprint density at radius 2 is 1.81 bits per heavy atom. The molecule has 2 aromatic heterocycles. The van der Waals surface area contributed by atoms with E-state index in [4.69, 9.17) is 34.7 Å². The summed E-state index contributed by atoms with van der Waals surface area (Å²) in [4.78, 5) is 4.38. The van der Waals surface area contributed by atoms with Gasteiger partial charge < -0.3 is 11.5 Å². The molecule has 0 bridgehead atoms. The smallest absolute Gasteiger partial charge is 0.190 e. The normalized spacial score (nSPS) is 11.6. The van der Waals surface area contributed by atoms with Crippen molar-refractivity contribution in [1.29, 1.82) is 0 Å². The van der Waals surface area contributed by atoms with Crippen molar-refractivity contribution in [3.05, 3.63) is 70.3 Å². The quantitative estimate of drug-likeness (QED) is 0.458. The van der Waals surface area contributed by atoms with Crippen LogP contribution in [0.1, 0.15) is 19.4 Å². The Morgan fingerprint density at radius 3 is 2.58 bits per heavy atom. The first-order valence-corrected chi connectivity index (χ1v) is 10.4. The van der Waals surface area contributed by atoms with Crippen LogP contribution in [0.4, 0.5) is 5.82 Å². The number of nitrogens with zero attached hydrogens (tertiary/aromatic N) is 5. The van der Waals surface area contributed by atoms with Gasteiger partial charge in [-0.1, -0.05) is 53.5 Å². The second-order valence-electron chi connectivity index (χ2n) is 8.01. The maximum atomic E-state index is 6.38. The number of tetrazole rings is 1. The van der Waals surface area contributed by atoms with E-state index in [1.165, 1.54) is 4.68 Å². The highest BCUT2D eigenvalue weighted by atomic mass is 35.5. The summed E-state index contributed by atoms with van der Waals surface area (Å²) in [5.74, 6) is 0.715. The number of nitrogens with two attached hydrogens (primary N) is 2. The van der Waals surface area contributed by atoms with Crippen LogP contribution in [-0.4, -0.2) is 30.7 Å². The number of rotatable bonds is 5. The topological polar surface area (TPSA) is 109 Å². The van der Waals surface area contributed by atoms with E-state index in [1.54, 1.807) is 24.4 Å². The van der Waals surface area contributed by atoms with Crippen LogP contribution in [0.25, 0.3) is 28.2 Å². The van der Waals surface area contributed by atoms with Gasteiger partial charge in [0, 0.05) is 17.3 Å². The Labute approximate surface area is 190 Å². The van der Waals surface area contributed by atoms with Gasteiger partial charge in [0.05, 0.1) is 21.3 Å². The zero-order valence-electron chi connectivity index (χ0n) is 17.0. The molecule has 7 nitrogen and oxygen atoms in total. The molecule has 4 rings (SSSR count). The lowest BCUT2D eigenvalue weighted by molar-refractivity contribution is 0.517. The lowest BCUT2D eigenvalue weighted by atomic mass is 9.94. The van der Waals surface area contributed by atoms with Gasteiger partial charge in [0.1, 0.15) is 5.82 Å². The summed E-state index contributed by atoms with van der Waals surface area (Å²) >= 11 is 12.5. The Balaban J connectivity index is 1.79. The number of aromatic nitrogens is 5. The predicted octanol–water partition coefficient (Wildman–Crippen LogP) is 4.56. The molecule has 0 atom stereocenters. The number of halogens is 2. The number of nitrogen functional groups attached to an aromatic ring is 1. The monoisotopic (exact) mass is 453 g/mol. The lowest BCUT2D eigenvalue weighted by Gasteiger charge is -2.18. The predicted molar refractivity (Wildman–Crippen MR) is 124 cm³/mol. The van der Waals surface area contributed by atoms with Crippen LogP contribution in [0, 0.1) is 0 Å². The molecule has 2 heterocycles. The van der Waals surface area contributed by atoms with E-state index in [0.29, 0.717) is 32.9 Å². The minimum atomic E-state index is -0.304. The number of hydrogen-bond donors (Lipinski definition) is 2. The first-order chi connectivity index (χ1) is 14.7. The maximum Gasteiger partial charge on any atom is 0.190 e. The average molecular weight is 454 g/mol. The van der Waals surface area contributed by atoms with Crippen LogP contribution >= 0.6 is 23.2 Å². The number of benzene rings is 2. The first kappa shape index (κ1) is 21.2. The average Bonchev–Trinajstić information content (AvgIpc) is 3.18. The lowest BCUT2D eigenvalue weighted by Crippen LogP contribution is -2.34. The summed E-state index contributed by atoms with van der Waals surface area (Å²) in [5, 5.41) is 12.8. The molecule has 0 spiro atoms. The molecule has 0 aliphatic heterocycles. The van der Waals surface area contributed by atoms with Gasteiger partial charge in [-0.25, -0.2) is 4.98 Å². The van der Waals surface area contributed by atoms with Gasteiger partial charge in [-0.2, -0.15) is 4.68 Å². The minimum absolute atomic E-state index is 0.303. The van der Waals surface area contributed by atoms with E-state index < -0.39 is 0 Å². The largest absolute Gasteiger partial charge is 0.383 e. The number of hydrogen-bond acceptors (Lipinski definition) is 6. The second kappa shape index (κ2) is 8.26. The third kappa shape index (κ3) is 4.54. The summed E-state index contributed by atoms with van der Waals surface area (Å²) in [6.45, 7) is 4.01. The van der Waals surface area contributed by atoms with Crippen molar-refractivity contribution in [2.75, 3.05) is 5.73 Å². The highest BCUT2D eigenvalue weighted by Gasteiger charge is 2.19. The molecule has 0 amide bonds. The van der Waals surface area contributed by atoms with Crippen molar-refractivity contribution < 1.29 is 0 Å². The van der Waals surface area contributed by atoms with Crippen LogP contribution in [0.3, 0.4) is 0 Å². The molecule has 4 N–H and O–H groups in total. The molecule has 0 fully saturated rings. The van der Waals surface area contributed by atoms with Crippen LogP contribution in [0.2, 0.25) is 10.0 Å². The first-order valence-electron chi connectivity index (χ1n) is 9.60. The molecule has 0 unspecified atom stereocenters. The molecule has 158 valence electrons. The Morgan fingerprint density at radius 1 is 1.03 bits per heavy atom. The van der Waals surface area contributed by atoms with Crippen LogP contribution in [0.15, 0.2) is 54.7 Å². The fourth-order valence-electron chi connectivity index (χ4n) is 3.37. The molecule has 4 aromatic rings. The number of pyridine rings is 1. The van der Waals surface area contributed by atoms with E-state index in [1.807, 2.05) is 32.0 Å². The molecule has 0 radical (unpaired) electrons. The fraction of sp³-hybridized carbons (Fsp3) is 0.182. The van der Waals surface area contributed by atoms with Gasteiger partial charge >= 0.3 is 0 Å². The van der Waals surface area contributed by atoms with Crippen LogP contribution in [0.5, 0.6) is 0 Å². The van der Waals surface area contributed by atoms with Crippen molar-refractivity contribution in [3.8, 4) is 28.2 Å². The SMILES string of the molecule is CC(C)(N)Cc1cccc(-c2cnc(N)c(-c3nnnn3-c3cccc(Cl)c3Cl)c2)c1. The van der Waals surface area contributed by atoms with Gasteiger partial charge in [-0.15, -0.1) is 5.10 Å². The van der Waals surface area contributed by atoms with E-state index >= 15 is 0 Å². The van der Waals surface area contributed by atoms with Gasteiger partial charge in [-0.05, 0) is 60.0 Å². The third-order valence-corrected chi connectivity index (χ3v) is 5.52. The Hall–Kier alpha value is -3.00. The fourth-order valence-corrected chi connectivity index (χ4v) is 3.75. The van der Waals surface area contributed by atoms with Gasteiger partial charge in [0.2, 0.25) is 0 Å². The number of anilines is 1. The van der Waals surface area contributed by atoms with E-state index in [9.17, 15) is 0 Å². The van der Waals surface area contributed by atoms with Crippen molar-refractivity contribution in [2.45, 2.75) is 25.8 Å². The maximum absolute atomic E-state index is 6.38. The Bertz CT molecular complexity index is 1240. The zero-order valence-corrected chi connectivity index (χ0v) is 18.6. The summed E-state index contributed by atoms with van der Waals surface area (Å²) in [6, 6.07) is 15.3. The van der Waals surface area contributed by atoms with Crippen molar-refractivity contribution in [1.82, 2.24) is 25.2 Å². The van der Waals surface area contributed by atoms with Crippen molar-refractivity contribution >= 4 is 29.0 Å². The molecule has 0 saturated heterocycles. The molecule has 0 aliphatic carbocycles. The van der Waals surface area contributed by atoms with Crippen molar-refractivity contribution in [3.63, 3.8) is 0 Å². The van der Waals surface area contributed by atoms with Gasteiger partial charge in [0.25, 0.3) is 0 Å². The summed E-state index contributed by atoms with van der Waals surface area (Å²) in [7, 11) is 0. The molecule has 0 aliphatic rings. The highest BCUT2D eigenvalue weighted by molar-refractivity contribution is 6.43. The second-order valence-corrected chi connectivity index (χ2v) is 8.79. The molecule has 31 heavy (non-hydrogen) atoms. The molecular weight excluding hydrogens is 433 g/mol. The minimum Gasteiger partial charge on any atom is -0.383 e. The van der Waals surface area contributed by atoms with E-state index in [0.717, 1.165) is 23.1 Å². The summed E-state index contributed by atoms with van der Waals surface area (Å²) in [5.41, 5.74) is 16.2. The van der Waals surface area contributed by atoms with Crippen molar-refractivity contribution in [2.24, 2.45) is 5.73 Å². The molecule has 0 saturated carbocycles. The summed E-state index contributed by atoms with van der Waals surface area (Å²) < 4.78 is 1.50. The van der Waals surface area contributed by atoms with E-state index in [-0.39, 0.29) is 5.54 Å². The third-order valence-electron chi connectivity index (χ3n) is 4.71. The Kier molecular flexibility index (Phi) is 5.66. The molecular formula is C22H21Cl2N7. The summed E-state index contributed by atoms with van der Waals surface area (Å²) in [6.07, 6.45) is 2.48. The van der Waals surface area contributed by atoms with Gasteiger partial charge in [-0.3, -0.25) is 0 Å². The van der Waals surface area contributed by atoms with Crippen LogP contribution in [-0.2, 0) is 6.42 Å². The molecule has 9 heteroatoms. The molecule has 2 aromatic carbocycles.